The van der Waals surface area contributed by atoms with Crippen molar-refractivity contribution in [3.8, 4) is 0 Å². The van der Waals surface area contributed by atoms with E-state index in [9.17, 15) is 9.59 Å². The fraction of sp³-hybridized carbons (Fsp3) is 0.500. The summed E-state index contributed by atoms with van der Waals surface area (Å²) in [7, 11) is 0. The lowest BCUT2D eigenvalue weighted by molar-refractivity contribution is -0.147. The summed E-state index contributed by atoms with van der Waals surface area (Å²) >= 11 is 0. The number of hydrogen-bond donors (Lipinski definition) is 3. The Bertz CT molecular complexity index is 271. The van der Waals surface area contributed by atoms with E-state index in [2.05, 4.69) is 0 Å². The molecule has 0 amide bonds. The van der Waals surface area contributed by atoms with Crippen molar-refractivity contribution < 1.29 is 19.8 Å². The Morgan fingerprint density at radius 2 is 1.85 bits per heavy atom. The fourth-order valence-electron chi connectivity index (χ4n) is 1.35. The normalized spacial score (nSPS) is 37.7. The van der Waals surface area contributed by atoms with Gasteiger partial charge in [0, 0.05) is 0 Å². The van der Waals surface area contributed by atoms with Crippen molar-refractivity contribution in [2.45, 2.75) is 18.9 Å². The minimum absolute atomic E-state index is 0.106. The Kier molecular flexibility index (Phi) is 1.92. The van der Waals surface area contributed by atoms with Crippen LogP contribution in [0.1, 0.15) is 13.3 Å². The van der Waals surface area contributed by atoms with Crippen molar-refractivity contribution in [2.24, 2.45) is 11.1 Å². The molecule has 0 heterocycles. The van der Waals surface area contributed by atoms with E-state index in [-0.39, 0.29) is 6.42 Å². The first kappa shape index (κ1) is 9.73. The lowest BCUT2D eigenvalue weighted by Crippen LogP contribution is -2.47. The van der Waals surface area contributed by atoms with E-state index < -0.39 is 22.9 Å². The van der Waals surface area contributed by atoms with E-state index in [0.29, 0.717) is 0 Å². The van der Waals surface area contributed by atoms with Gasteiger partial charge >= 0.3 is 11.9 Å². The molecule has 0 fully saturated rings. The molecule has 1 aliphatic carbocycles. The van der Waals surface area contributed by atoms with Crippen molar-refractivity contribution in [1.82, 2.24) is 0 Å². The molecule has 0 saturated carbocycles. The number of carbonyl (C=O) groups is 2. The molecule has 5 nitrogen and oxygen atoms in total. The zero-order valence-electron chi connectivity index (χ0n) is 7.15. The molecule has 1 rings (SSSR count). The van der Waals surface area contributed by atoms with Gasteiger partial charge in [0.15, 0.2) is 0 Å². The predicted octanol–water partition coefficient (Wildman–Crippen LogP) is -0.181. The van der Waals surface area contributed by atoms with Crippen LogP contribution in [0.25, 0.3) is 0 Å². The largest absolute Gasteiger partial charge is 0.481 e. The molecule has 0 bridgehead atoms. The number of carboxylic acids is 2. The van der Waals surface area contributed by atoms with Crippen LogP contribution in [0.15, 0.2) is 12.2 Å². The van der Waals surface area contributed by atoms with Gasteiger partial charge in [0.2, 0.25) is 0 Å². The Labute approximate surface area is 74.8 Å². The maximum atomic E-state index is 10.7. The Balaban J connectivity index is 2.94. The fourth-order valence-corrected chi connectivity index (χ4v) is 1.35. The molecule has 5 heteroatoms. The van der Waals surface area contributed by atoms with Gasteiger partial charge in [-0.2, -0.15) is 0 Å². The zero-order valence-corrected chi connectivity index (χ0v) is 7.15. The van der Waals surface area contributed by atoms with Crippen molar-refractivity contribution in [2.75, 3.05) is 0 Å². The highest BCUT2D eigenvalue weighted by Crippen LogP contribution is 2.36. The van der Waals surface area contributed by atoms with E-state index in [4.69, 9.17) is 15.9 Å². The number of hydrogen-bond acceptors (Lipinski definition) is 3. The predicted molar refractivity (Wildman–Crippen MR) is 44.1 cm³/mol. The van der Waals surface area contributed by atoms with Gasteiger partial charge in [-0.15, -0.1) is 0 Å². The average Bonchev–Trinajstić information content (AvgIpc) is 2.30. The molecule has 0 aromatic rings. The summed E-state index contributed by atoms with van der Waals surface area (Å²) < 4.78 is 0. The third-order valence-corrected chi connectivity index (χ3v) is 2.30. The Morgan fingerprint density at radius 1 is 1.31 bits per heavy atom. The third kappa shape index (κ3) is 1.42. The number of aliphatic carboxylic acids is 2. The molecule has 0 aliphatic heterocycles. The zero-order chi connectivity index (χ0) is 10.3. The van der Waals surface area contributed by atoms with Crippen molar-refractivity contribution in [3.05, 3.63) is 12.2 Å². The molecule has 4 N–H and O–H groups in total. The summed E-state index contributed by atoms with van der Waals surface area (Å²) in [6, 6.07) is 0. The van der Waals surface area contributed by atoms with Crippen molar-refractivity contribution in [3.63, 3.8) is 0 Å². The van der Waals surface area contributed by atoms with Gasteiger partial charge in [-0.1, -0.05) is 12.2 Å². The second-order valence-corrected chi connectivity index (χ2v) is 3.58. The lowest BCUT2D eigenvalue weighted by atomic mass is 9.85. The maximum absolute atomic E-state index is 10.7. The molecule has 2 atom stereocenters. The highest BCUT2D eigenvalue weighted by Gasteiger charge is 2.47. The second-order valence-electron chi connectivity index (χ2n) is 3.58. The van der Waals surface area contributed by atoms with Crippen LogP contribution >= 0.6 is 0 Å². The SMILES string of the molecule is C[C@@]1(C(=O)O)C=C[C@](N)(C(=O)O)C1. The van der Waals surface area contributed by atoms with Crippen LogP contribution in [0, 0.1) is 5.41 Å². The van der Waals surface area contributed by atoms with Crippen LogP contribution in [0.3, 0.4) is 0 Å². The van der Waals surface area contributed by atoms with Crippen LogP contribution in [0.5, 0.6) is 0 Å². The van der Waals surface area contributed by atoms with Crippen LogP contribution in [-0.4, -0.2) is 27.7 Å². The maximum Gasteiger partial charge on any atom is 0.327 e. The van der Waals surface area contributed by atoms with Gasteiger partial charge in [-0.05, 0) is 13.3 Å². The number of nitrogens with two attached hydrogens (primary N) is 1. The highest BCUT2D eigenvalue weighted by molar-refractivity contribution is 5.86. The van der Waals surface area contributed by atoms with E-state index >= 15 is 0 Å². The summed E-state index contributed by atoms with van der Waals surface area (Å²) in [4.78, 5) is 21.4. The van der Waals surface area contributed by atoms with Crippen molar-refractivity contribution >= 4 is 11.9 Å². The molecule has 0 aromatic carbocycles. The van der Waals surface area contributed by atoms with Crippen molar-refractivity contribution in [1.29, 1.82) is 0 Å². The smallest absolute Gasteiger partial charge is 0.327 e. The first-order valence-corrected chi connectivity index (χ1v) is 3.76. The van der Waals surface area contributed by atoms with Crippen LogP contribution in [-0.2, 0) is 9.59 Å². The Morgan fingerprint density at radius 3 is 2.08 bits per heavy atom. The lowest BCUT2D eigenvalue weighted by Gasteiger charge is -2.22. The van der Waals surface area contributed by atoms with Crippen LogP contribution in [0.4, 0.5) is 0 Å². The summed E-state index contributed by atoms with van der Waals surface area (Å²) in [5.74, 6) is -2.26. The molecule has 0 saturated heterocycles. The molecule has 0 aromatic heterocycles. The molecule has 0 unspecified atom stereocenters. The minimum Gasteiger partial charge on any atom is -0.481 e. The quantitative estimate of drug-likeness (QED) is 0.518. The molecular weight excluding hydrogens is 174 g/mol. The average molecular weight is 185 g/mol. The minimum atomic E-state index is -1.53. The van der Waals surface area contributed by atoms with Gasteiger partial charge in [-0.3, -0.25) is 4.79 Å². The third-order valence-electron chi connectivity index (χ3n) is 2.30. The molecular formula is C8H11NO4. The first-order valence-electron chi connectivity index (χ1n) is 3.76. The van der Waals surface area contributed by atoms with Gasteiger partial charge in [-0.25, -0.2) is 4.79 Å². The summed E-state index contributed by atoms with van der Waals surface area (Å²) in [6.07, 6.45) is 2.47. The first-order chi connectivity index (χ1) is 5.80. The summed E-state index contributed by atoms with van der Waals surface area (Å²) in [5, 5.41) is 17.5. The number of rotatable bonds is 2. The van der Waals surface area contributed by atoms with E-state index in [1.807, 2.05) is 0 Å². The Hall–Kier alpha value is -1.36. The van der Waals surface area contributed by atoms with E-state index in [1.54, 1.807) is 0 Å². The molecule has 0 radical (unpaired) electrons. The molecule has 13 heavy (non-hydrogen) atoms. The van der Waals surface area contributed by atoms with E-state index in [1.165, 1.54) is 19.1 Å². The summed E-state index contributed by atoms with van der Waals surface area (Å²) in [5.41, 5.74) is 2.77. The van der Waals surface area contributed by atoms with Crippen LogP contribution < -0.4 is 5.73 Å². The van der Waals surface area contributed by atoms with Gasteiger partial charge < -0.3 is 15.9 Å². The van der Waals surface area contributed by atoms with Gasteiger partial charge in [0.25, 0.3) is 0 Å². The second kappa shape index (κ2) is 2.56. The summed E-state index contributed by atoms with van der Waals surface area (Å²) in [6.45, 7) is 1.45. The van der Waals surface area contributed by atoms with Gasteiger partial charge in [0.05, 0.1) is 5.41 Å². The molecule has 1 aliphatic rings. The molecule has 0 spiro atoms. The molecule has 72 valence electrons. The number of carboxylic acid groups (broad SMARTS) is 2. The monoisotopic (exact) mass is 185 g/mol. The van der Waals surface area contributed by atoms with Gasteiger partial charge in [0.1, 0.15) is 5.54 Å². The van der Waals surface area contributed by atoms with E-state index in [0.717, 1.165) is 0 Å². The van der Waals surface area contributed by atoms with Crippen LogP contribution in [0.2, 0.25) is 0 Å². The highest BCUT2D eigenvalue weighted by atomic mass is 16.4. The topological polar surface area (TPSA) is 101 Å². The standard InChI is InChI=1S/C8H11NO4/c1-7(5(10)11)2-3-8(9,4-7)6(12)13/h2-3H,4,9H2,1H3,(H,10,11)(H,12,13)/t7-,8-/m1/s1.